The number of ketones is 1. The predicted molar refractivity (Wildman–Crippen MR) is 430 cm³/mol. The van der Waals surface area contributed by atoms with Gasteiger partial charge in [0.05, 0.1) is 113 Å². The first-order valence-electron chi connectivity index (χ1n) is 39.8. The van der Waals surface area contributed by atoms with Gasteiger partial charge in [-0.1, -0.05) is 74.0 Å². The summed E-state index contributed by atoms with van der Waals surface area (Å²) in [5.74, 6) is -15.8. The summed E-state index contributed by atoms with van der Waals surface area (Å²) in [5, 5.41) is 0. The quantitative estimate of drug-likeness (QED) is 0.0258. The normalized spacial score (nSPS) is 18.2. The second-order valence-electron chi connectivity index (χ2n) is 31.6. The minimum Gasteiger partial charge on any atom is -0.457 e. The highest BCUT2D eigenvalue weighted by Crippen LogP contribution is 2.57. The van der Waals surface area contributed by atoms with Crippen molar-refractivity contribution in [2.45, 2.75) is 56.8 Å². The molecule has 0 radical (unpaired) electrons. The molecule has 680 valence electrons. The van der Waals surface area contributed by atoms with Crippen LogP contribution in [0.1, 0.15) is 238 Å². The number of hydrogen-bond acceptors (Lipinski definition) is 34. The van der Waals surface area contributed by atoms with Crippen molar-refractivity contribution in [1.29, 1.82) is 0 Å². The van der Waals surface area contributed by atoms with E-state index in [1.807, 2.05) is 48.5 Å². The van der Waals surface area contributed by atoms with Crippen molar-refractivity contribution in [1.82, 2.24) is 0 Å². The van der Waals surface area contributed by atoms with Gasteiger partial charge < -0.3 is 61.6 Å². The molecule has 4 atom stereocenters. The highest BCUT2D eigenvalue weighted by atomic mass is 19.4. The minimum absolute atomic E-state index is 0.0154. The van der Waals surface area contributed by atoms with Gasteiger partial charge in [0.2, 0.25) is 5.41 Å². The number of esters is 20. The summed E-state index contributed by atoms with van der Waals surface area (Å²) in [7, 11) is 0. The molecule has 0 saturated carbocycles. The Morgan fingerprint density at radius 1 is 0.279 bits per heavy atom. The number of hydrogen-bond donors (Lipinski definition) is 0. The van der Waals surface area contributed by atoms with Crippen LogP contribution in [0, 0.1) is 23.7 Å². The predicted octanol–water partition coefficient (Wildman–Crippen LogP) is 13.9. The maximum absolute atomic E-state index is 14.2. The molecule has 0 bridgehead atoms. The van der Waals surface area contributed by atoms with E-state index in [0.29, 0.717) is 53.7 Å². The number of ether oxygens (including phenoxy) is 13. The van der Waals surface area contributed by atoms with Crippen molar-refractivity contribution in [2.24, 2.45) is 23.7 Å². The first-order chi connectivity index (χ1) is 64.4. The van der Waals surface area contributed by atoms with Crippen LogP contribution in [-0.2, 0) is 77.4 Å². The molecule has 0 aromatic heterocycles. The smallest absolute Gasteiger partial charge is 0.411 e. The lowest BCUT2D eigenvalue weighted by atomic mass is 9.71. The fourth-order valence-corrected chi connectivity index (χ4v) is 16.4. The maximum atomic E-state index is 14.2. The molecule has 2 fully saturated rings. The summed E-state index contributed by atoms with van der Waals surface area (Å²) >= 11 is 0. The van der Waals surface area contributed by atoms with E-state index in [0.717, 1.165) is 16.7 Å². The number of cyclic esters (lactones) is 20. The Kier molecular flexibility index (Phi) is 22.3. The zero-order chi connectivity index (χ0) is 97.1. The highest BCUT2D eigenvalue weighted by Gasteiger charge is 2.73. The molecule has 0 N–H and O–H groups in total. The van der Waals surface area contributed by atoms with Crippen molar-refractivity contribution >= 4 is 125 Å². The highest BCUT2D eigenvalue weighted by molar-refractivity contribution is 6.22. The lowest BCUT2D eigenvalue weighted by molar-refractivity contribution is -0.288. The summed E-state index contributed by atoms with van der Waals surface area (Å²) in [5.41, 5.74) is -5.67. The second-order valence-corrected chi connectivity index (χ2v) is 31.6. The van der Waals surface area contributed by atoms with E-state index in [1.165, 1.54) is 97.1 Å². The number of alkyl halides is 6. The van der Waals surface area contributed by atoms with Crippen LogP contribution >= 0.6 is 0 Å². The van der Waals surface area contributed by atoms with Crippen molar-refractivity contribution < 1.29 is 189 Å². The van der Waals surface area contributed by atoms with Crippen LogP contribution in [0.25, 0.3) is 0 Å². The molecule has 1 aliphatic carbocycles. The topological polar surface area (TPSA) is 478 Å². The van der Waals surface area contributed by atoms with Crippen LogP contribution in [-0.4, -0.2) is 138 Å². The molecule has 10 aromatic rings. The third-order valence-electron chi connectivity index (χ3n) is 23.2. The van der Waals surface area contributed by atoms with Crippen LogP contribution in [0.3, 0.4) is 0 Å². The Morgan fingerprint density at radius 2 is 0.529 bits per heavy atom. The summed E-state index contributed by atoms with van der Waals surface area (Å²) < 4.78 is 147. The Bertz CT molecular complexity index is 6900. The molecule has 136 heavy (non-hydrogen) atoms. The van der Waals surface area contributed by atoms with E-state index in [4.69, 9.17) is 14.2 Å². The molecule has 11 aliphatic rings. The molecular formula is C96H50F6O34. The number of carbonyl (C=O) groups is 21. The number of halogens is 6. The Labute approximate surface area is 753 Å². The molecule has 10 aromatic carbocycles. The van der Waals surface area contributed by atoms with Crippen LogP contribution in [0.15, 0.2) is 206 Å². The van der Waals surface area contributed by atoms with Gasteiger partial charge in [0.25, 0.3) is 0 Å². The Hall–Kier alpha value is -18.0. The molecule has 0 amide bonds. The standard InChI is InChI=1S/C31H20O8.C19H6F6O6.C17H6O7.C16H6O7.C13H12O6/c1-31(2,17-3-7-19(8-4-17)36-21-11-13-23-25(15-21)29(34)38-27(23)32)18-5-9-20(10-6-18)37-22-12-14-24-26(16-22)30(35)39-28(24)33;20-18(21,22)17(19(23,24)25,7-1-3-9-11(5-7)15(28)30-13(9)26)8-2-4-10-12(6-8)16(29)31-14(10)27;18-13(7-1-3-9-11(5-7)16(21)23-14(9)19)8-2-4-10-12(6-8)17(22)24-15(10)20;17-13-9-3-1-7(5-11(9)15(19)22-13)21-8-2-4-10-12(6-8)16(20)23-14(10)18;1-5-2-6(7-4-9(14)18-11(7)15)3-8-10(5)13(17)19-12(8)16/h3-16H,1-2H3;1-6H;1-6H;1-6H;2,6-8,10H,3-4H2,1H3. The molecule has 2 saturated heterocycles. The van der Waals surface area contributed by atoms with Crippen molar-refractivity contribution in [2.75, 3.05) is 0 Å². The van der Waals surface area contributed by atoms with Crippen LogP contribution in [0.4, 0.5) is 26.3 Å². The zero-order valence-electron chi connectivity index (χ0n) is 68.9. The van der Waals surface area contributed by atoms with Crippen molar-refractivity contribution in [3.63, 3.8) is 0 Å². The maximum Gasteiger partial charge on any atom is 0.411 e. The molecule has 10 aliphatic heterocycles. The fourth-order valence-electron chi connectivity index (χ4n) is 16.4. The second kappa shape index (κ2) is 33.7. The molecule has 34 nitrogen and oxygen atoms in total. The minimum atomic E-state index is -6.02. The van der Waals surface area contributed by atoms with Gasteiger partial charge in [-0.05, 0) is 187 Å². The van der Waals surface area contributed by atoms with Crippen molar-refractivity contribution in [3.05, 3.63) is 328 Å². The largest absolute Gasteiger partial charge is 0.457 e. The Balaban J connectivity index is 0.000000121. The summed E-state index contributed by atoms with van der Waals surface area (Å²) in [4.78, 5) is 244. The molecule has 40 heteroatoms. The van der Waals surface area contributed by atoms with E-state index < -0.39 is 194 Å². The monoisotopic (exact) mass is 1860 g/mol. The van der Waals surface area contributed by atoms with Gasteiger partial charge in [0.15, 0.2) is 5.78 Å². The molecule has 10 heterocycles. The zero-order valence-corrected chi connectivity index (χ0v) is 68.9. The third kappa shape index (κ3) is 16.2. The fraction of sp³-hybridized carbons (Fsp3) is 0.135. The van der Waals surface area contributed by atoms with Gasteiger partial charge in [0, 0.05) is 16.5 Å². The van der Waals surface area contributed by atoms with Crippen LogP contribution in [0.2, 0.25) is 0 Å². The summed E-state index contributed by atoms with van der Waals surface area (Å²) in [6.45, 7) is 5.95. The molecule has 0 spiro atoms. The van der Waals surface area contributed by atoms with Crippen LogP contribution in [0.5, 0.6) is 34.5 Å². The number of fused-ring (bicyclic) bond motifs is 9. The van der Waals surface area contributed by atoms with Gasteiger partial charge in [-0.2, -0.15) is 26.3 Å². The first-order valence-corrected chi connectivity index (χ1v) is 39.8. The van der Waals surface area contributed by atoms with Gasteiger partial charge >= 0.3 is 132 Å². The van der Waals surface area contributed by atoms with E-state index in [9.17, 15) is 127 Å². The average Bonchev–Trinajstić information content (AvgIpc) is 0.969. The van der Waals surface area contributed by atoms with Gasteiger partial charge in [0.1, 0.15) is 34.5 Å². The van der Waals surface area contributed by atoms with E-state index in [1.54, 1.807) is 25.1 Å². The molecular weight excluding hydrogens is 1810 g/mol. The Morgan fingerprint density at radius 3 is 0.824 bits per heavy atom. The SMILES string of the molecule is CC(C)(c1ccc(Oc2ccc3c(c2)C(=O)OC3=O)cc1)c1ccc(Oc2ccc3c(c2)C(=O)OC3=O)cc1.CC1=CC(C2CC(=O)OC2=O)CC2C(=O)OC(=O)C12.O=C(c1ccc2c(c1)C(=O)OC2=O)c1ccc2c(c1)C(=O)OC2=O.O=C1OC(=O)c2cc(C(c3ccc4c(c3)C(=O)OC4=O)(C(F)(F)F)C(F)(F)F)ccc21.O=C1OC(=O)c2cc(Oc3ccc4c(c3)C(=O)OC4=O)ccc21. The average molecular weight is 1860 g/mol. The lowest BCUT2D eigenvalue weighted by Crippen LogP contribution is -2.55. The number of benzene rings is 10. The number of rotatable bonds is 13. The third-order valence-corrected chi connectivity index (χ3v) is 23.2. The van der Waals surface area contributed by atoms with E-state index in [2.05, 4.69) is 61.2 Å². The van der Waals surface area contributed by atoms with E-state index in [-0.39, 0.29) is 119 Å². The van der Waals surface area contributed by atoms with E-state index >= 15 is 0 Å². The van der Waals surface area contributed by atoms with Gasteiger partial charge in [-0.15, -0.1) is 0 Å². The summed E-state index contributed by atoms with van der Waals surface area (Å²) in [6, 6.07) is 43.7. The number of carbonyl (C=O) groups excluding carboxylic acids is 21. The van der Waals surface area contributed by atoms with Gasteiger partial charge in [-0.25, -0.2) is 76.7 Å². The van der Waals surface area contributed by atoms with Crippen molar-refractivity contribution in [3.8, 4) is 34.5 Å². The molecule has 21 rings (SSSR count). The molecule has 4 unspecified atom stereocenters. The lowest BCUT2D eigenvalue weighted by Gasteiger charge is -2.38. The first kappa shape index (κ1) is 89.9. The van der Waals surface area contributed by atoms with Crippen LogP contribution < -0.4 is 14.2 Å². The number of allylic oxidation sites excluding steroid dienone is 1. The van der Waals surface area contributed by atoms with Gasteiger partial charge in [-0.3, -0.25) is 24.0 Å². The summed E-state index contributed by atoms with van der Waals surface area (Å²) in [6.07, 6.45) is -9.86.